The van der Waals surface area contributed by atoms with Crippen LogP contribution in [-0.4, -0.2) is 11.7 Å². The molecule has 0 spiro atoms. The highest BCUT2D eigenvalue weighted by molar-refractivity contribution is 5.22. The first-order valence-corrected chi connectivity index (χ1v) is 4.02. The van der Waals surface area contributed by atoms with E-state index in [0.717, 1.165) is 31.0 Å². The number of aromatic nitrogens is 1. The lowest BCUT2D eigenvalue weighted by Gasteiger charge is -1.92. The summed E-state index contributed by atoms with van der Waals surface area (Å²) in [5.74, 6) is 1.03. The zero-order chi connectivity index (χ0) is 7.68. The van der Waals surface area contributed by atoms with Gasteiger partial charge in [-0.3, -0.25) is 0 Å². The summed E-state index contributed by atoms with van der Waals surface area (Å²) in [6.45, 7) is 3.94. The minimum atomic E-state index is 0.843. The van der Waals surface area contributed by atoms with Gasteiger partial charge in [0.25, 0.3) is 0 Å². The van der Waals surface area contributed by atoms with Crippen LogP contribution in [0.1, 0.15) is 23.4 Å². The summed E-state index contributed by atoms with van der Waals surface area (Å²) >= 11 is 0. The third kappa shape index (κ3) is 1.16. The average molecular weight is 152 g/mol. The molecular weight excluding hydrogens is 140 g/mol. The normalized spacial score (nSPS) is 17.5. The van der Waals surface area contributed by atoms with Crippen molar-refractivity contribution in [3.8, 4) is 0 Å². The van der Waals surface area contributed by atoms with Crippen molar-refractivity contribution in [2.24, 2.45) is 0 Å². The Morgan fingerprint density at radius 3 is 3.36 bits per heavy atom. The first kappa shape index (κ1) is 6.85. The molecule has 2 rings (SSSR count). The Hall–Kier alpha value is -0.830. The summed E-state index contributed by atoms with van der Waals surface area (Å²) in [6, 6.07) is 0. The Morgan fingerprint density at radius 2 is 2.45 bits per heavy atom. The van der Waals surface area contributed by atoms with Gasteiger partial charge in [0.2, 0.25) is 0 Å². The second-order valence-electron chi connectivity index (χ2n) is 2.95. The monoisotopic (exact) mass is 152 g/mol. The molecule has 1 aromatic rings. The minimum absolute atomic E-state index is 0.843. The van der Waals surface area contributed by atoms with E-state index in [4.69, 9.17) is 4.52 Å². The second-order valence-corrected chi connectivity index (χ2v) is 2.95. The van der Waals surface area contributed by atoms with Crippen LogP contribution in [0.5, 0.6) is 0 Å². The van der Waals surface area contributed by atoms with Crippen LogP contribution in [0, 0.1) is 6.92 Å². The van der Waals surface area contributed by atoms with Crippen molar-refractivity contribution < 1.29 is 4.52 Å². The van der Waals surface area contributed by atoms with E-state index in [1.54, 1.807) is 0 Å². The molecular formula is C8H12N2O. The molecule has 0 unspecified atom stereocenters. The van der Waals surface area contributed by atoms with Crippen LogP contribution in [0.25, 0.3) is 0 Å². The van der Waals surface area contributed by atoms with E-state index >= 15 is 0 Å². The first-order valence-electron chi connectivity index (χ1n) is 4.02. The average Bonchev–Trinajstić information content (AvgIpc) is 2.25. The second kappa shape index (κ2) is 2.66. The quantitative estimate of drug-likeness (QED) is 0.603. The Labute approximate surface area is 65.8 Å². The molecule has 0 radical (unpaired) electrons. The van der Waals surface area contributed by atoms with Crippen molar-refractivity contribution in [3.05, 3.63) is 17.0 Å². The van der Waals surface area contributed by atoms with Gasteiger partial charge in [-0.15, -0.1) is 0 Å². The van der Waals surface area contributed by atoms with E-state index in [0.29, 0.717) is 0 Å². The van der Waals surface area contributed by atoms with E-state index in [-0.39, 0.29) is 0 Å². The Morgan fingerprint density at radius 1 is 1.55 bits per heavy atom. The van der Waals surface area contributed by atoms with Gasteiger partial charge in [0.05, 0.1) is 12.2 Å². The highest BCUT2D eigenvalue weighted by Gasteiger charge is 2.14. The molecule has 3 heteroatoms. The molecule has 0 aromatic carbocycles. The molecule has 1 aliphatic heterocycles. The number of hydrogen-bond acceptors (Lipinski definition) is 3. The van der Waals surface area contributed by atoms with E-state index in [1.165, 1.54) is 12.0 Å². The Balaban J connectivity index is 2.35. The number of nitrogens with one attached hydrogen (secondary N) is 1. The van der Waals surface area contributed by atoms with Crippen LogP contribution in [0.15, 0.2) is 4.52 Å². The van der Waals surface area contributed by atoms with Crippen molar-refractivity contribution in [2.75, 3.05) is 6.54 Å². The highest BCUT2D eigenvalue weighted by atomic mass is 16.5. The van der Waals surface area contributed by atoms with E-state index in [1.807, 2.05) is 6.92 Å². The van der Waals surface area contributed by atoms with Gasteiger partial charge in [0, 0.05) is 5.56 Å². The number of fused-ring (bicyclic) bond motifs is 1. The lowest BCUT2D eigenvalue weighted by atomic mass is 10.1. The van der Waals surface area contributed by atoms with Crippen molar-refractivity contribution in [1.82, 2.24) is 10.5 Å². The smallest absolute Gasteiger partial charge is 0.153 e. The van der Waals surface area contributed by atoms with Crippen LogP contribution in [0.2, 0.25) is 0 Å². The van der Waals surface area contributed by atoms with Gasteiger partial charge in [-0.25, -0.2) is 0 Å². The van der Waals surface area contributed by atoms with Crippen LogP contribution >= 0.6 is 0 Å². The summed E-state index contributed by atoms with van der Waals surface area (Å²) in [7, 11) is 0. The molecule has 0 atom stereocenters. The molecule has 0 fully saturated rings. The summed E-state index contributed by atoms with van der Waals surface area (Å²) in [6.07, 6.45) is 2.30. The number of nitrogens with zero attached hydrogens (tertiary/aromatic N) is 1. The Kier molecular flexibility index (Phi) is 1.66. The van der Waals surface area contributed by atoms with E-state index < -0.39 is 0 Å². The summed E-state index contributed by atoms with van der Waals surface area (Å²) < 4.78 is 5.15. The molecule has 1 N–H and O–H groups in total. The zero-order valence-electron chi connectivity index (χ0n) is 6.68. The summed E-state index contributed by atoms with van der Waals surface area (Å²) in [4.78, 5) is 0. The minimum Gasteiger partial charge on any atom is -0.359 e. The zero-order valence-corrected chi connectivity index (χ0v) is 6.68. The predicted molar refractivity (Wildman–Crippen MR) is 41.3 cm³/mol. The van der Waals surface area contributed by atoms with Crippen LogP contribution < -0.4 is 5.32 Å². The summed E-state index contributed by atoms with van der Waals surface area (Å²) in [5, 5.41) is 7.21. The van der Waals surface area contributed by atoms with Gasteiger partial charge < -0.3 is 9.84 Å². The Bertz CT molecular complexity index is 255. The standard InChI is InChI=1S/C8H12N2O/c1-6-7-3-2-4-9-5-8(7)11-10-6/h9H,2-5H2,1H3. The van der Waals surface area contributed by atoms with Crippen molar-refractivity contribution in [1.29, 1.82) is 0 Å². The SMILES string of the molecule is Cc1noc2c1CCCNC2. The van der Waals surface area contributed by atoms with Crippen LogP contribution in [-0.2, 0) is 13.0 Å². The first-order chi connectivity index (χ1) is 5.38. The molecule has 0 saturated carbocycles. The molecule has 1 aromatic heterocycles. The van der Waals surface area contributed by atoms with Crippen molar-refractivity contribution in [3.63, 3.8) is 0 Å². The molecule has 60 valence electrons. The summed E-state index contributed by atoms with van der Waals surface area (Å²) in [5.41, 5.74) is 2.37. The van der Waals surface area contributed by atoms with Gasteiger partial charge in [0.15, 0.2) is 5.76 Å². The van der Waals surface area contributed by atoms with Gasteiger partial charge in [-0.05, 0) is 26.3 Å². The van der Waals surface area contributed by atoms with Crippen LogP contribution in [0.3, 0.4) is 0 Å². The molecule has 0 bridgehead atoms. The number of rotatable bonds is 0. The molecule has 2 heterocycles. The maximum atomic E-state index is 5.15. The molecule has 0 amide bonds. The maximum Gasteiger partial charge on any atom is 0.153 e. The fourth-order valence-corrected chi connectivity index (χ4v) is 1.49. The maximum absolute atomic E-state index is 5.15. The topological polar surface area (TPSA) is 38.1 Å². The fourth-order valence-electron chi connectivity index (χ4n) is 1.49. The lowest BCUT2D eigenvalue weighted by Crippen LogP contribution is -2.11. The number of hydrogen-bond donors (Lipinski definition) is 1. The van der Waals surface area contributed by atoms with Crippen LogP contribution in [0.4, 0.5) is 0 Å². The number of aryl methyl sites for hydroxylation is 1. The predicted octanol–water partition coefficient (Wildman–Crippen LogP) is 1.02. The fraction of sp³-hybridized carbons (Fsp3) is 0.625. The third-order valence-electron chi connectivity index (χ3n) is 2.13. The molecule has 0 saturated heterocycles. The van der Waals surface area contributed by atoms with Crippen molar-refractivity contribution in [2.45, 2.75) is 26.3 Å². The lowest BCUT2D eigenvalue weighted by molar-refractivity contribution is 0.371. The molecule has 1 aliphatic rings. The van der Waals surface area contributed by atoms with Gasteiger partial charge in [-0.1, -0.05) is 5.16 Å². The highest BCUT2D eigenvalue weighted by Crippen LogP contribution is 2.17. The molecule has 0 aliphatic carbocycles. The molecule has 3 nitrogen and oxygen atoms in total. The molecule has 11 heavy (non-hydrogen) atoms. The van der Waals surface area contributed by atoms with Gasteiger partial charge in [-0.2, -0.15) is 0 Å². The largest absolute Gasteiger partial charge is 0.359 e. The third-order valence-corrected chi connectivity index (χ3v) is 2.13. The van der Waals surface area contributed by atoms with E-state index in [9.17, 15) is 0 Å². The van der Waals surface area contributed by atoms with Gasteiger partial charge >= 0.3 is 0 Å². The van der Waals surface area contributed by atoms with E-state index in [2.05, 4.69) is 10.5 Å². The van der Waals surface area contributed by atoms with Gasteiger partial charge in [0.1, 0.15) is 0 Å². The van der Waals surface area contributed by atoms with Crippen molar-refractivity contribution >= 4 is 0 Å².